The van der Waals surface area contributed by atoms with Crippen LogP contribution in [0.2, 0.25) is 0 Å². The molecule has 0 aliphatic carbocycles. The molecule has 4 nitrogen and oxygen atoms in total. The van der Waals surface area contributed by atoms with Crippen LogP contribution >= 0.6 is 0 Å². The van der Waals surface area contributed by atoms with Crippen LogP contribution in [0, 0.1) is 5.82 Å². The van der Waals surface area contributed by atoms with Crippen molar-refractivity contribution < 1.29 is 19.0 Å². The van der Waals surface area contributed by atoms with Gasteiger partial charge in [0, 0.05) is 24.3 Å². The van der Waals surface area contributed by atoms with E-state index in [0.29, 0.717) is 18.5 Å². The summed E-state index contributed by atoms with van der Waals surface area (Å²) < 4.78 is 18.9. The van der Waals surface area contributed by atoms with E-state index in [0.717, 1.165) is 31.6 Å². The van der Waals surface area contributed by atoms with Crippen LogP contribution < -0.4 is 4.90 Å². The maximum absolute atomic E-state index is 13.4. The van der Waals surface area contributed by atoms with Gasteiger partial charge in [-0.3, -0.25) is 4.79 Å². The second-order valence-electron chi connectivity index (χ2n) is 4.64. The summed E-state index contributed by atoms with van der Waals surface area (Å²) in [5.74, 6) is -0.391. The number of aldehydes is 1. The molecule has 0 spiro atoms. The summed E-state index contributed by atoms with van der Waals surface area (Å²) in [5.41, 5.74) is 1.09. The molecule has 1 aromatic carbocycles. The first-order valence-electron chi connectivity index (χ1n) is 6.46. The SMILES string of the molecule is O=Cc1cc(F)cc(N2CCC(OCCO)CC2)c1. The molecule has 1 aliphatic heterocycles. The number of rotatable bonds is 5. The van der Waals surface area contributed by atoms with Crippen molar-refractivity contribution in [1.82, 2.24) is 0 Å². The Labute approximate surface area is 111 Å². The zero-order valence-electron chi connectivity index (χ0n) is 10.7. The lowest BCUT2D eigenvalue weighted by Gasteiger charge is -2.33. The Morgan fingerprint density at radius 1 is 1.37 bits per heavy atom. The van der Waals surface area contributed by atoms with Crippen molar-refractivity contribution in [1.29, 1.82) is 0 Å². The number of carbonyl (C=O) groups excluding carboxylic acids is 1. The summed E-state index contributed by atoms with van der Waals surface area (Å²) >= 11 is 0. The fourth-order valence-corrected chi connectivity index (χ4v) is 2.35. The van der Waals surface area contributed by atoms with Gasteiger partial charge in [0.15, 0.2) is 0 Å². The van der Waals surface area contributed by atoms with E-state index in [9.17, 15) is 9.18 Å². The number of hydrogen-bond donors (Lipinski definition) is 1. The molecule has 0 bridgehead atoms. The molecule has 1 aromatic rings. The minimum absolute atomic E-state index is 0.0345. The van der Waals surface area contributed by atoms with E-state index in [2.05, 4.69) is 4.90 Å². The van der Waals surface area contributed by atoms with Crippen LogP contribution in [0.4, 0.5) is 10.1 Å². The summed E-state index contributed by atoms with van der Waals surface area (Å²) in [6.45, 7) is 1.92. The van der Waals surface area contributed by atoms with Crippen molar-refractivity contribution in [3.63, 3.8) is 0 Å². The number of nitrogens with zero attached hydrogens (tertiary/aromatic N) is 1. The molecule has 1 saturated heterocycles. The minimum atomic E-state index is -0.391. The van der Waals surface area contributed by atoms with Crippen molar-refractivity contribution in [3.05, 3.63) is 29.6 Å². The number of piperidine rings is 1. The van der Waals surface area contributed by atoms with Crippen LogP contribution in [0.1, 0.15) is 23.2 Å². The average Bonchev–Trinajstić information content (AvgIpc) is 2.45. The lowest BCUT2D eigenvalue weighted by Crippen LogP contribution is -2.37. The van der Waals surface area contributed by atoms with Crippen molar-refractivity contribution in [2.24, 2.45) is 0 Å². The lowest BCUT2D eigenvalue weighted by atomic mass is 10.1. The Kier molecular flexibility index (Phi) is 4.87. The molecule has 104 valence electrons. The average molecular weight is 267 g/mol. The molecule has 0 amide bonds. The standard InChI is InChI=1S/C14H18FNO3/c15-12-7-11(10-18)8-13(9-12)16-3-1-14(2-4-16)19-6-5-17/h7-10,14,17H,1-6H2. The smallest absolute Gasteiger partial charge is 0.150 e. The van der Waals surface area contributed by atoms with Crippen LogP contribution in [0.3, 0.4) is 0 Å². The van der Waals surface area contributed by atoms with E-state index in [1.165, 1.54) is 12.1 Å². The molecule has 5 heteroatoms. The number of carbonyl (C=O) groups is 1. The van der Waals surface area contributed by atoms with Gasteiger partial charge in [0.2, 0.25) is 0 Å². The molecular formula is C14H18FNO3. The third kappa shape index (κ3) is 3.75. The quantitative estimate of drug-likeness (QED) is 0.824. The number of halogens is 1. The Balaban J connectivity index is 1.97. The van der Waals surface area contributed by atoms with Gasteiger partial charge in [0.25, 0.3) is 0 Å². The second-order valence-corrected chi connectivity index (χ2v) is 4.64. The molecule has 2 rings (SSSR count). The van der Waals surface area contributed by atoms with Gasteiger partial charge < -0.3 is 14.7 Å². The van der Waals surface area contributed by atoms with Crippen molar-refractivity contribution in [2.45, 2.75) is 18.9 Å². The molecule has 0 unspecified atom stereocenters. The second kappa shape index (κ2) is 6.63. The summed E-state index contributed by atoms with van der Waals surface area (Å²) in [7, 11) is 0. The molecule has 0 atom stereocenters. The molecule has 1 fully saturated rings. The van der Waals surface area contributed by atoms with Gasteiger partial charge in [-0.25, -0.2) is 4.39 Å². The van der Waals surface area contributed by atoms with Gasteiger partial charge in [0.1, 0.15) is 12.1 Å². The molecule has 19 heavy (non-hydrogen) atoms. The first-order valence-corrected chi connectivity index (χ1v) is 6.46. The zero-order chi connectivity index (χ0) is 13.7. The predicted molar refractivity (Wildman–Crippen MR) is 70.1 cm³/mol. The lowest BCUT2D eigenvalue weighted by molar-refractivity contribution is 0.0159. The number of aliphatic hydroxyl groups excluding tert-OH is 1. The fraction of sp³-hybridized carbons (Fsp3) is 0.500. The van der Waals surface area contributed by atoms with E-state index in [1.54, 1.807) is 6.07 Å². The third-order valence-electron chi connectivity index (χ3n) is 3.29. The molecule has 1 heterocycles. The highest BCUT2D eigenvalue weighted by Crippen LogP contribution is 2.23. The topological polar surface area (TPSA) is 49.8 Å². The number of aliphatic hydroxyl groups is 1. The van der Waals surface area contributed by atoms with Crippen molar-refractivity contribution >= 4 is 12.0 Å². The minimum Gasteiger partial charge on any atom is -0.394 e. The van der Waals surface area contributed by atoms with E-state index >= 15 is 0 Å². The highest BCUT2D eigenvalue weighted by atomic mass is 19.1. The first kappa shape index (κ1) is 14.0. The Morgan fingerprint density at radius 3 is 2.74 bits per heavy atom. The molecule has 1 aliphatic rings. The summed E-state index contributed by atoms with van der Waals surface area (Å²) in [4.78, 5) is 12.8. The van der Waals surface area contributed by atoms with Gasteiger partial charge in [-0.15, -0.1) is 0 Å². The van der Waals surface area contributed by atoms with Crippen molar-refractivity contribution in [3.8, 4) is 0 Å². The number of hydrogen-bond acceptors (Lipinski definition) is 4. The van der Waals surface area contributed by atoms with Gasteiger partial charge in [-0.2, -0.15) is 0 Å². The predicted octanol–water partition coefficient (Wildman–Crippen LogP) is 1.62. The maximum Gasteiger partial charge on any atom is 0.150 e. The summed E-state index contributed by atoms with van der Waals surface area (Å²) in [6.07, 6.45) is 2.49. The Hall–Kier alpha value is -1.46. The highest BCUT2D eigenvalue weighted by molar-refractivity contribution is 5.77. The number of benzene rings is 1. The molecule has 0 saturated carbocycles. The van der Waals surface area contributed by atoms with Crippen molar-refractivity contribution in [2.75, 3.05) is 31.2 Å². The van der Waals surface area contributed by atoms with E-state index < -0.39 is 5.82 Å². The van der Waals surface area contributed by atoms with Gasteiger partial charge in [-0.1, -0.05) is 0 Å². The fourth-order valence-electron chi connectivity index (χ4n) is 2.35. The van der Waals surface area contributed by atoms with Crippen LogP contribution in [0.25, 0.3) is 0 Å². The third-order valence-corrected chi connectivity index (χ3v) is 3.29. The first-order chi connectivity index (χ1) is 9.22. The van der Waals surface area contributed by atoms with E-state index in [-0.39, 0.29) is 12.7 Å². The normalized spacial score (nSPS) is 16.6. The zero-order valence-corrected chi connectivity index (χ0v) is 10.7. The van der Waals surface area contributed by atoms with E-state index in [4.69, 9.17) is 9.84 Å². The van der Waals surface area contributed by atoms with Crippen LogP contribution in [0.15, 0.2) is 18.2 Å². The van der Waals surface area contributed by atoms with Gasteiger partial charge in [-0.05, 0) is 31.0 Å². The monoisotopic (exact) mass is 267 g/mol. The van der Waals surface area contributed by atoms with Crippen LogP contribution in [-0.4, -0.2) is 43.8 Å². The van der Waals surface area contributed by atoms with Gasteiger partial charge in [0.05, 0.1) is 19.3 Å². The molecule has 0 aromatic heterocycles. The van der Waals surface area contributed by atoms with Crippen LogP contribution in [0.5, 0.6) is 0 Å². The molecule has 1 N–H and O–H groups in total. The molecule has 0 radical (unpaired) electrons. The summed E-state index contributed by atoms with van der Waals surface area (Å²) in [6, 6.07) is 4.38. The Bertz CT molecular complexity index is 431. The van der Waals surface area contributed by atoms with Crippen LogP contribution in [-0.2, 0) is 4.74 Å². The van der Waals surface area contributed by atoms with E-state index in [1.807, 2.05) is 0 Å². The number of ether oxygens (including phenoxy) is 1. The maximum atomic E-state index is 13.4. The molecular weight excluding hydrogens is 249 g/mol. The largest absolute Gasteiger partial charge is 0.394 e. The highest BCUT2D eigenvalue weighted by Gasteiger charge is 2.20. The Morgan fingerprint density at radius 2 is 2.11 bits per heavy atom. The summed E-state index contributed by atoms with van der Waals surface area (Å²) in [5, 5.41) is 8.70. The number of anilines is 1. The van der Waals surface area contributed by atoms with Gasteiger partial charge >= 0.3 is 0 Å².